The van der Waals surface area contributed by atoms with E-state index in [0.717, 1.165) is 40.7 Å². The largest absolute Gasteiger partial charge is 0.353 e. The molecule has 0 saturated heterocycles. The van der Waals surface area contributed by atoms with E-state index < -0.39 is 0 Å². The van der Waals surface area contributed by atoms with Crippen molar-refractivity contribution in [2.45, 2.75) is 75.8 Å². The third-order valence-corrected chi connectivity index (χ3v) is 7.18. The van der Waals surface area contributed by atoms with Gasteiger partial charge in [0, 0.05) is 31.2 Å². The highest BCUT2D eigenvalue weighted by Crippen LogP contribution is 2.39. The zero-order valence-corrected chi connectivity index (χ0v) is 19.1. The van der Waals surface area contributed by atoms with Gasteiger partial charge in [0.1, 0.15) is 5.03 Å². The number of anilines is 1. The van der Waals surface area contributed by atoms with Crippen LogP contribution in [0.25, 0.3) is 5.69 Å². The van der Waals surface area contributed by atoms with Crippen LogP contribution in [0.2, 0.25) is 0 Å². The van der Waals surface area contributed by atoms with Gasteiger partial charge in [0.25, 0.3) is 0 Å². The first-order valence-electron chi connectivity index (χ1n) is 11.5. The summed E-state index contributed by atoms with van der Waals surface area (Å²) in [7, 11) is 0. The molecule has 2 aliphatic rings. The van der Waals surface area contributed by atoms with Gasteiger partial charge in [0.2, 0.25) is 11.8 Å². The number of fused-ring (bicyclic) bond motifs is 1. The molecule has 2 aromatic rings. The summed E-state index contributed by atoms with van der Waals surface area (Å²) in [6, 6.07) is 10.3. The number of thioether (sulfide) groups is 1. The minimum atomic E-state index is 0.00207. The monoisotopic (exact) mass is 440 g/mol. The van der Waals surface area contributed by atoms with E-state index in [9.17, 15) is 9.59 Å². The van der Waals surface area contributed by atoms with Crippen LogP contribution in [-0.4, -0.2) is 39.9 Å². The number of nitrogens with zero attached hydrogens (tertiary/aromatic N) is 3. The summed E-state index contributed by atoms with van der Waals surface area (Å²) >= 11 is 1.73. The summed E-state index contributed by atoms with van der Waals surface area (Å²) in [5, 5.41) is 8.88. The normalized spacial score (nSPS) is 17.5. The summed E-state index contributed by atoms with van der Waals surface area (Å²) in [5.41, 5.74) is 2.73. The molecule has 2 heterocycles. The van der Waals surface area contributed by atoms with Crippen LogP contribution in [0, 0.1) is 6.92 Å². The molecule has 7 heteroatoms. The van der Waals surface area contributed by atoms with Gasteiger partial charge < -0.3 is 10.2 Å². The van der Waals surface area contributed by atoms with E-state index >= 15 is 0 Å². The van der Waals surface area contributed by atoms with Crippen LogP contribution in [0.5, 0.6) is 0 Å². The van der Waals surface area contributed by atoms with Gasteiger partial charge in [-0.05, 0) is 31.9 Å². The summed E-state index contributed by atoms with van der Waals surface area (Å²) in [6.45, 7) is 2.60. The standard InChI is InChI=1S/C24H32N4O2S/c1-18-23-24(28(26-18)20-12-8-5-9-13-20)31-17-16-27(23)22(30)15-14-21(29)25-19-10-6-3-2-4-7-11-19/h5,8-9,12-13,19H,2-4,6-7,10-11,14-17H2,1H3,(H,25,29). The molecule has 1 aliphatic carbocycles. The van der Waals surface area contributed by atoms with Gasteiger partial charge in [-0.3, -0.25) is 9.59 Å². The fraction of sp³-hybridized carbons (Fsp3) is 0.542. The molecule has 0 radical (unpaired) electrons. The molecule has 1 aliphatic heterocycles. The minimum absolute atomic E-state index is 0.00207. The van der Waals surface area contributed by atoms with Crippen molar-refractivity contribution in [1.29, 1.82) is 0 Å². The molecule has 0 bridgehead atoms. The number of carbonyl (C=O) groups excluding carboxylic acids is 2. The zero-order chi connectivity index (χ0) is 21.6. The van der Waals surface area contributed by atoms with E-state index in [1.54, 1.807) is 11.8 Å². The predicted octanol–water partition coefficient (Wildman–Crippen LogP) is 4.63. The van der Waals surface area contributed by atoms with Crippen LogP contribution in [0.4, 0.5) is 5.69 Å². The average Bonchev–Trinajstić information content (AvgIpc) is 3.11. The fourth-order valence-electron chi connectivity index (χ4n) is 4.53. The van der Waals surface area contributed by atoms with Crippen molar-refractivity contribution >= 4 is 29.3 Å². The maximum atomic E-state index is 13.1. The van der Waals surface area contributed by atoms with Crippen LogP contribution >= 0.6 is 11.8 Å². The Balaban J connectivity index is 1.39. The average molecular weight is 441 g/mol. The van der Waals surface area contributed by atoms with E-state index in [4.69, 9.17) is 5.10 Å². The molecule has 166 valence electrons. The van der Waals surface area contributed by atoms with Gasteiger partial charge in [0.15, 0.2) is 0 Å². The van der Waals surface area contributed by atoms with Crippen molar-refractivity contribution < 1.29 is 9.59 Å². The molecule has 1 fully saturated rings. The Labute approximate surface area is 188 Å². The smallest absolute Gasteiger partial charge is 0.227 e. The number of aromatic nitrogens is 2. The number of para-hydroxylation sites is 1. The van der Waals surface area contributed by atoms with Gasteiger partial charge in [-0.25, -0.2) is 4.68 Å². The van der Waals surface area contributed by atoms with Crippen molar-refractivity contribution in [2.24, 2.45) is 0 Å². The molecule has 1 saturated carbocycles. The second-order valence-electron chi connectivity index (χ2n) is 8.49. The number of nitrogens with one attached hydrogen (secondary N) is 1. The number of amides is 2. The first kappa shape index (κ1) is 21.9. The second-order valence-corrected chi connectivity index (χ2v) is 9.57. The molecule has 0 unspecified atom stereocenters. The molecule has 31 heavy (non-hydrogen) atoms. The maximum absolute atomic E-state index is 13.1. The highest BCUT2D eigenvalue weighted by atomic mass is 32.2. The Kier molecular flexibility index (Phi) is 7.33. The summed E-state index contributed by atoms with van der Waals surface area (Å²) in [5.74, 6) is 0.831. The van der Waals surface area contributed by atoms with Crippen LogP contribution in [0.3, 0.4) is 0 Å². The number of benzene rings is 1. The molecular formula is C24H32N4O2S. The molecule has 6 nitrogen and oxygen atoms in total. The summed E-state index contributed by atoms with van der Waals surface area (Å²) in [6.07, 6.45) is 8.80. The Bertz CT molecular complexity index is 904. The lowest BCUT2D eigenvalue weighted by Crippen LogP contribution is -2.38. The molecular weight excluding hydrogens is 408 g/mol. The third-order valence-electron chi connectivity index (χ3n) is 6.15. The van der Waals surface area contributed by atoms with E-state index in [1.807, 2.05) is 46.8 Å². The Morgan fingerprint density at radius 1 is 1.06 bits per heavy atom. The number of rotatable bonds is 5. The molecule has 0 atom stereocenters. The highest BCUT2D eigenvalue weighted by Gasteiger charge is 2.30. The molecule has 1 N–H and O–H groups in total. The first-order chi connectivity index (χ1) is 15.1. The van der Waals surface area contributed by atoms with Crippen molar-refractivity contribution in [3.63, 3.8) is 0 Å². The number of carbonyl (C=O) groups is 2. The summed E-state index contributed by atoms with van der Waals surface area (Å²) in [4.78, 5) is 27.4. The van der Waals surface area contributed by atoms with Crippen LogP contribution in [0.1, 0.15) is 63.5 Å². The van der Waals surface area contributed by atoms with E-state index in [1.165, 1.54) is 32.1 Å². The van der Waals surface area contributed by atoms with Crippen molar-refractivity contribution in [3.05, 3.63) is 36.0 Å². The molecule has 1 aromatic heterocycles. The Morgan fingerprint density at radius 3 is 2.52 bits per heavy atom. The fourth-order valence-corrected chi connectivity index (χ4v) is 5.66. The van der Waals surface area contributed by atoms with Gasteiger partial charge >= 0.3 is 0 Å². The van der Waals surface area contributed by atoms with Crippen molar-refractivity contribution in [1.82, 2.24) is 15.1 Å². The third kappa shape index (κ3) is 5.32. The highest BCUT2D eigenvalue weighted by molar-refractivity contribution is 7.99. The van der Waals surface area contributed by atoms with E-state index in [0.29, 0.717) is 6.54 Å². The van der Waals surface area contributed by atoms with Gasteiger partial charge in [-0.2, -0.15) is 5.10 Å². The number of aryl methyl sites for hydroxylation is 1. The van der Waals surface area contributed by atoms with Gasteiger partial charge in [-0.15, -0.1) is 11.8 Å². The van der Waals surface area contributed by atoms with Gasteiger partial charge in [-0.1, -0.05) is 50.3 Å². The van der Waals surface area contributed by atoms with Crippen LogP contribution in [-0.2, 0) is 9.59 Å². The lowest BCUT2D eigenvalue weighted by Gasteiger charge is -2.27. The second kappa shape index (κ2) is 10.4. The Morgan fingerprint density at radius 2 is 1.77 bits per heavy atom. The molecule has 4 rings (SSSR count). The SMILES string of the molecule is Cc1nn(-c2ccccc2)c2c1N(C(=O)CCC(=O)NC1CCCCCCC1)CCS2. The summed E-state index contributed by atoms with van der Waals surface area (Å²) < 4.78 is 1.93. The van der Waals surface area contributed by atoms with E-state index in [-0.39, 0.29) is 30.7 Å². The zero-order valence-electron chi connectivity index (χ0n) is 18.3. The predicted molar refractivity (Wildman–Crippen MR) is 125 cm³/mol. The molecule has 1 aromatic carbocycles. The molecule has 0 spiro atoms. The topological polar surface area (TPSA) is 67.2 Å². The van der Waals surface area contributed by atoms with Crippen molar-refractivity contribution in [2.75, 3.05) is 17.2 Å². The number of hydrogen-bond acceptors (Lipinski definition) is 4. The minimum Gasteiger partial charge on any atom is -0.353 e. The molecule has 2 amide bonds. The quantitative estimate of drug-likeness (QED) is 0.736. The van der Waals surface area contributed by atoms with Gasteiger partial charge in [0.05, 0.1) is 17.1 Å². The van der Waals surface area contributed by atoms with Crippen LogP contribution in [0.15, 0.2) is 35.4 Å². The lowest BCUT2D eigenvalue weighted by atomic mass is 9.96. The maximum Gasteiger partial charge on any atom is 0.227 e. The number of hydrogen-bond donors (Lipinski definition) is 1. The van der Waals surface area contributed by atoms with Crippen LogP contribution < -0.4 is 10.2 Å². The van der Waals surface area contributed by atoms with E-state index in [2.05, 4.69) is 5.32 Å². The first-order valence-corrected chi connectivity index (χ1v) is 12.5. The van der Waals surface area contributed by atoms with Crippen molar-refractivity contribution in [3.8, 4) is 5.69 Å². The Hall–Kier alpha value is -2.28. The lowest BCUT2D eigenvalue weighted by molar-refractivity contribution is -0.125.